The van der Waals surface area contributed by atoms with Crippen molar-refractivity contribution in [3.63, 3.8) is 0 Å². The van der Waals surface area contributed by atoms with Crippen molar-refractivity contribution in [2.45, 2.75) is 44.4 Å². The lowest BCUT2D eigenvalue weighted by Gasteiger charge is -2.41. The van der Waals surface area contributed by atoms with E-state index in [4.69, 9.17) is 23.7 Å². The Morgan fingerprint density at radius 2 is 1.06 bits per heavy atom. The Morgan fingerprint density at radius 3 is 1.53 bits per heavy atom. The summed E-state index contributed by atoms with van der Waals surface area (Å²) in [6, 6.07) is 30.3. The minimum atomic E-state index is -0.531. The third kappa shape index (κ3) is 6.25. The summed E-state index contributed by atoms with van der Waals surface area (Å²) in [6.07, 6.45) is -1.60. The molecule has 0 saturated carbocycles. The fraction of sp³-hybridized carbons (Fsp3) is 0.333. The van der Waals surface area contributed by atoms with Crippen LogP contribution >= 0.6 is 0 Å². The molecule has 1 unspecified atom stereocenters. The first-order valence-corrected chi connectivity index (χ1v) is 10.9. The minimum absolute atomic E-state index is 0.286. The van der Waals surface area contributed by atoms with Crippen LogP contribution < -0.4 is 0 Å². The van der Waals surface area contributed by atoms with Crippen LogP contribution in [-0.2, 0) is 43.5 Å². The first-order valence-electron chi connectivity index (χ1n) is 10.9. The minimum Gasteiger partial charge on any atom is -0.368 e. The maximum Gasteiger partial charge on any atom is 0.186 e. The average Bonchev–Trinajstić information content (AvgIpc) is 2.87. The third-order valence-corrected chi connectivity index (χ3v) is 5.49. The maximum atomic E-state index is 6.39. The van der Waals surface area contributed by atoms with E-state index in [1.165, 1.54) is 0 Å². The topological polar surface area (TPSA) is 46.2 Å². The van der Waals surface area contributed by atoms with Gasteiger partial charge in [0.25, 0.3) is 0 Å². The van der Waals surface area contributed by atoms with Crippen LogP contribution in [0, 0.1) is 0 Å². The number of hydrogen-bond donors (Lipinski definition) is 0. The summed E-state index contributed by atoms with van der Waals surface area (Å²) < 4.78 is 30.5. The first kappa shape index (κ1) is 22.6. The number of rotatable bonds is 10. The summed E-state index contributed by atoms with van der Waals surface area (Å²) in [5.41, 5.74) is 3.28. The molecule has 168 valence electrons. The lowest BCUT2D eigenvalue weighted by atomic mass is 10.0. The van der Waals surface area contributed by atoms with Gasteiger partial charge in [-0.1, -0.05) is 91.0 Å². The largest absolute Gasteiger partial charge is 0.368 e. The van der Waals surface area contributed by atoms with Gasteiger partial charge in [0.05, 0.1) is 26.4 Å². The lowest BCUT2D eigenvalue weighted by Crippen LogP contribution is -2.56. The van der Waals surface area contributed by atoms with E-state index < -0.39 is 12.4 Å². The van der Waals surface area contributed by atoms with Crippen LogP contribution in [0.15, 0.2) is 91.0 Å². The number of ether oxygens (including phenoxy) is 5. The molecule has 32 heavy (non-hydrogen) atoms. The molecule has 1 fully saturated rings. The molecular formula is C27H30O5. The van der Waals surface area contributed by atoms with E-state index in [0.717, 1.165) is 16.7 Å². The van der Waals surface area contributed by atoms with Gasteiger partial charge in [-0.15, -0.1) is 0 Å². The van der Waals surface area contributed by atoms with E-state index in [1.54, 1.807) is 7.11 Å². The van der Waals surface area contributed by atoms with Crippen molar-refractivity contribution in [2.24, 2.45) is 0 Å². The zero-order chi connectivity index (χ0) is 22.0. The Morgan fingerprint density at radius 1 is 0.625 bits per heavy atom. The summed E-state index contributed by atoms with van der Waals surface area (Å²) in [4.78, 5) is 0. The molecule has 1 saturated heterocycles. The summed E-state index contributed by atoms with van der Waals surface area (Å²) in [5, 5.41) is 0. The smallest absolute Gasteiger partial charge is 0.186 e. The molecule has 1 aliphatic heterocycles. The standard InChI is InChI=1S/C27H30O5/c1-28-27-26(31-19-23-15-9-4-10-16-23)25(30-18-22-13-7-3-8-14-22)24(20-32-27)29-17-21-11-5-2-6-12-21/h2-16,24-27H,17-20H2,1H3/t24?,25-,26+,27-/m0/s1. The third-order valence-electron chi connectivity index (χ3n) is 5.49. The molecule has 0 radical (unpaired) electrons. The molecule has 3 aromatic carbocycles. The van der Waals surface area contributed by atoms with Crippen LogP contribution in [0.25, 0.3) is 0 Å². The van der Waals surface area contributed by atoms with Crippen LogP contribution in [0.1, 0.15) is 16.7 Å². The SMILES string of the molecule is CO[C@H]1OCC(OCc2ccccc2)[C@H](OCc2ccccc2)[C@H]1OCc1ccccc1. The van der Waals surface area contributed by atoms with Crippen LogP contribution in [0.4, 0.5) is 0 Å². The fourth-order valence-electron chi connectivity index (χ4n) is 3.78. The van der Waals surface area contributed by atoms with Crippen LogP contribution in [0.2, 0.25) is 0 Å². The van der Waals surface area contributed by atoms with Crippen molar-refractivity contribution in [3.8, 4) is 0 Å². The Labute approximate surface area is 189 Å². The van der Waals surface area contributed by atoms with Crippen molar-refractivity contribution in [3.05, 3.63) is 108 Å². The van der Waals surface area contributed by atoms with Crippen LogP contribution in [-0.4, -0.2) is 38.3 Å². The molecule has 4 atom stereocenters. The van der Waals surface area contributed by atoms with Crippen molar-refractivity contribution in [1.29, 1.82) is 0 Å². The molecule has 1 heterocycles. The second-order valence-corrected chi connectivity index (χ2v) is 7.79. The molecule has 0 spiro atoms. The molecule has 0 amide bonds. The van der Waals surface area contributed by atoms with Crippen molar-refractivity contribution in [2.75, 3.05) is 13.7 Å². The summed E-state index contributed by atoms with van der Waals surface area (Å²) in [7, 11) is 1.63. The zero-order valence-electron chi connectivity index (χ0n) is 18.3. The zero-order valence-corrected chi connectivity index (χ0v) is 18.3. The highest BCUT2D eigenvalue weighted by molar-refractivity contribution is 5.15. The molecule has 0 N–H and O–H groups in total. The molecule has 5 heteroatoms. The second kappa shape index (κ2) is 11.9. The Kier molecular flexibility index (Phi) is 8.42. The Bertz CT molecular complexity index is 903. The Balaban J connectivity index is 1.49. The molecule has 1 aliphatic rings. The highest BCUT2D eigenvalue weighted by Gasteiger charge is 2.43. The monoisotopic (exact) mass is 434 g/mol. The van der Waals surface area contributed by atoms with E-state index in [9.17, 15) is 0 Å². The van der Waals surface area contributed by atoms with Crippen LogP contribution in [0.5, 0.6) is 0 Å². The van der Waals surface area contributed by atoms with Gasteiger partial charge < -0.3 is 23.7 Å². The van der Waals surface area contributed by atoms with Gasteiger partial charge in [0.15, 0.2) is 6.29 Å². The lowest BCUT2D eigenvalue weighted by molar-refractivity contribution is -0.293. The van der Waals surface area contributed by atoms with Gasteiger partial charge in [-0.25, -0.2) is 0 Å². The molecule has 0 aliphatic carbocycles. The van der Waals surface area contributed by atoms with Gasteiger partial charge in [-0.05, 0) is 16.7 Å². The van der Waals surface area contributed by atoms with E-state index in [1.807, 2.05) is 91.0 Å². The molecule has 4 rings (SSSR count). The quantitative estimate of drug-likeness (QED) is 0.461. The van der Waals surface area contributed by atoms with Gasteiger partial charge >= 0.3 is 0 Å². The van der Waals surface area contributed by atoms with Gasteiger partial charge in [0.2, 0.25) is 0 Å². The van der Waals surface area contributed by atoms with Gasteiger partial charge in [0.1, 0.15) is 18.3 Å². The van der Waals surface area contributed by atoms with E-state index in [2.05, 4.69) is 0 Å². The van der Waals surface area contributed by atoms with E-state index in [0.29, 0.717) is 26.4 Å². The highest BCUT2D eigenvalue weighted by Crippen LogP contribution is 2.27. The molecule has 5 nitrogen and oxygen atoms in total. The number of hydrogen-bond acceptors (Lipinski definition) is 5. The molecule has 0 bridgehead atoms. The highest BCUT2D eigenvalue weighted by atomic mass is 16.7. The van der Waals surface area contributed by atoms with Crippen LogP contribution in [0.3, 0.4) is 0 Å². The molecule has 3 aromatic rings. The molecular weight excluding hydrogens is 404 g/mol. The van der Waals surface area contributed by atoms with Gasteiger partial charge in [-0.2, -0.15) is 0 Å². The number of methoxy groups -OCH3 is 1. The first-order chi connectivity index (χ1) is 15.8. The average molecular weight is 435 g/mol. The van der Waals surface area contributed by atoms with Crippen molar-refractivity contribution < 1.29 is 23.7 Å². The summed E-state index contributed by atoms with van der Waals surface area (Å²) in [5.74, 6) is 0. The van der Waals surface area contributed by atoms with Gasteiger partial charge in [0, 0.05) is 7.11 Å². The normalized spacial score (nSPS) is 23.2. The predicted octanol–water partition coefficient (Wildman–Crippen LogP) is 4.75. The van der Waals surface area contributed by atoms with E-state index >= 15 is 0 Å². The van der Waals surface area contributed by atoms with Crippen molar-refractivity contribution in [1.82, 2.24) is 0 Å². The second-order valence-electron chi connectivity index (χ2n) is 7.79. The molecule has 0 aromatic heterocycles. The fourth-order valence-corrected chi connectivity index (χ4v) is 3.78. The summed E-state index contributed by atoms with van der Waals surface area (Å²) in [6.45, 7) is 1.74. The maximum absolute atomic E-state index is 6.39. The Hall–Kier alpha value is -2.54. The van der Waals surface area contributed by atoms with E-state index in [-0.39, 0.29) is 12.2 Å². The summed E-state index contributed by atoms with van der Waals surface area (Å²) >= 11 is 0. The van der Waals surface area contributed by atoms with Crippen molar-refractivity contribution >= 4 is 0 Å². The van der Waals surface area contributed by atoms with Gasteiger partial charge in [-0.3, -0.25) is 0 Å². The number of benzene rings is 3. The predicted molar refractivity (Wildman–Crippen MR) is 122 cm³/mol.